The number of aryl methyl sites for hydroxylation is 1. The van der Waals surface area contributed by atoms with Crippen molar-refractivity contribution in [1.82, 2.24) is 0 Å². The van der Waals surface area contributed by atoms with Gasteiger partial charge < -0.3 is 5.73 Å². The molecule has 0 aliphatic heterocycles. The van der Waals surface area contributed by atoms with E-state index >= 15 is 0 Å². The highest BCUT2D eigenvalue weighted by Crippen LogP contribution is 2.23. The van der Waals surface area contributed by atoms with Crippen LogP contribution in [0.4, 0.5) is 5.69 Å². The standard InChI is InChI=1S/C13H12N/c1-10-5-2-3-8-13(10)11-6-4-7-12(14)9-11/h2-5,7-9H,14H2,1H3. The summed E-state index contributed by atoms with van der Waals surface area (Å²) < 4.78 is 0. The molecule has 0 heterocycles. The van der Waals surface area contributed by atoms with E-state index in [0.717, 1.165) is 11.3 Å². The second-order valence-corrected chi connectivity index (χ2v) is 3.35. The predicted molar refractivity (Wildman–Crippen MR) is 59.9 cm³/mol. The summed E-state index contributed by atoms with van der Waals surface area (Å²) in [6.45, 7) is 2.09. The normalized spacial score (nSPS) is 10.1. The number of nitrogen functional groups attached to an aromatic ring is 1. The van der Waals surface area contributed by atoms with Crippen molar-refractivity contribution in [3.8, 4) is 11.1 Å². The minimum absolute atomic E-state index is 0.780. The first-order chi connectivity index (χ1) is 6.77. The van der Waals surface area contributed by atoms with Crippen LogP contribution in [0.1, 0.15) is 5.56 Å². The van der Waals surface area contributed by atoms with Crippen molar-refractivity contribution in [3.05, 3.63) is 54.1 Å². The number of anilines is 1. The van der Waals surface area contributed by atoms with E-state index in [1.165, 1.54) is 11.1 Å². The van der Waals surface area contributed by atoms with Crippen LogP contribution in [0.2, 0.25) is 0 Å². The van der Waals surface area contributed by atoms with E-state index in [4.69, 9.17) is 5.73 Å². The summed E-state index contributed by atoms with van der Waals surface area (Å²) in [6.07, 6.45) is 0. The maximum Gasteiger partial charge on any atom is 0.0320 e. The Morgan fingerprint density at radius 2 is 1.93 bits per heavy atom. The largest absolute Gasteiger partial charge is 0.399 e. The van der Waals surface area contributed by atoms with Crippen LogP contribution < -0.4 is 5.73 Å². The van der Waals surface area contributed by atoms with Gasteiger partial charge in [-0.05, 0) is 41.8 Å². The average molecular weight is 182 g/mol. The summed E-state index contributed by atoms with van der Waals surface area (Å²) >= 11 is 0. The maximum absolute atomic E-state index is 5.73. The van der Waals surface area contributed by atoms with Crippen LogP contribution in [0.5, 0.6) is 0 Å². The Morgan fingerprint density at radius 1 is 1.14 bits per heavy atom. The lowest BCUT2D eigenvalue weighted by Gasteiger charge is -2.05. The molecule has 2 rings (SSSR count). The molecule has 1 heteroatoms. The summed E-state index contributed by atoms with van der Waals surface area (Å²) in [5, 5.41) is 0. The fourth-order valence-electron chi connectivity index (χ4n) is 1.51. The molecule has 1 radical (unpaired) electrons. The third-order valence-corrected chi connectivity index (χ3v) is 2.26. The Bertz CT molecular complexity index is 446. The molecule has 14 heavy (non-hydrogen) atoms. The monoisotopic (exact) mass is 182 g/mol. The fraction of sp³-hybridized carbons (Fsp3) is 0.0769. The van der Waals surface area contributed by atoms with Gasteiger partial charge >= 0.3 is 0 Å². The number of rotatable bonds is 1. The van der Waals surface area contributed by atoms with Crippen LogP contribution in [0.3, 0.4) is 0 Å². The maximum atomic E-state index is 5.73. The van der Waals surface area contributed by atoms with E-state index in [1.807, 2.05) is 30.3 Å². The quantitative estimate of drug-likeness (QED) is 0.674. The van der Waals surface area contributed by atoms with Gasteiger partial charge in [0, 0.05) is 5.69 Å². The van der Waals surface area contributed by atoms with Gasteiger partial charge in [-0.2, -0.15) is 0 Å². The van der Waals surface area contributed by atoms with Crippen LogP contribution >= 0.6 is 0 Å². The second kappa shape index (κ2) is 3.54. The lowest BCUT2D eigenvalue weighted by Crippen LogP contribution is -1.87. The first-order valence-corrected chi connectivity index (χ1v) is 4.60. The highest BCUT2D eigenvalue weighted by molar-refractivity contribution is 5.69. The number of hydrogen-bond acceptors (Lipinski definition) is 1. The first-order valence-electron chi connectivity index (χ1n) is 4.60. The van der Waals surface area contributed by atoms with Crippen molar-refractivity contribution >= 4 is 5.69 Å². The number of hydrogen-bond donors (Lipinski definition) is 1. The minimum Gasteiger partial charge on any atom is -0.399 e. The molecule has 0 saturated carbocycles. The summed E-state index contributed by atoms with van der Waals surface area (Å²) in [7, 11) is 0. The number of nitrogens with two attached hydrogens (primary N) is 1. The van der Waals surface area contributed by atoms with Crippen molar-refractivity contribution in [2.45, 2.75) is 6.92 Å². The molecule has 0 aromatic heterocycles. The predicted octanol–water partition coefficient (Wildman–Crippen LogP) is 3.04. The molecule has 0 aliphatic carbocycles. The average Bonchev–Trinajstić information content (AvgIpc) is 2.18. The Kier molecular flexibility index (Phi) is 2.23. The van der Waals surface area contributed by atoms with Gasteiger partial charge in [0.2, 0.25) is 0 Å². The van der Waals surface area contributed by atoms with E-state index < -0.39 is 0 Å². The van der Waals surface area contributed by atoms with Gasteiger partial charge in [-0.15, -0.1) is 0 Å². The summed E-state index contributed by atoms with van der Waals surface area (Å²) in [5.74, 6) is 0. The van der Waals surface area contributed by atoms with Crippen LogP contribution in [0.25, 0.3) is 11.1 Å². The fourth-order valence-corrected chi connectivity index (χ4v) is 1.51. The molecule has 2 aromatic rings. The zero-order valence-electron chi connectivity index (χ0n) is 8.12. The minimum atomic E-state index is 0.780. The van der Waals surface area contributed by atoms with Gasteiger partial charge in [0.05, 0.1) is 0 Å². The first kappa shape index (κ1) is 8.82. The van der Waals surface area contributed by atoms with E-state index in [2.05, 4.69) is 25.1 Å². The molecule has 2 N–H and O–H groups in total. The third-order valence-electron chi connectivity index (χ3n) is 2.26. The third kappa shape index (κ3) is 1.62. The van der Waals surface area contributed by atoms with E-state index in [9.17, 15) is 0 Å². The van der Waals surface area contributed by atoms with E-state index in [-0.39, 0.29) is 0 Å². The summed E-state index contributed by atoms with van der Waals surface area (Å²) in [5.41, 5.74) is 10.0. The smallest absolute Gasteiger partial charge is 0.0320 e. The van der Waals surface area contributed by atoms with Gasteiger partial charge in [-0.1, -0.05) is 30.3 Å². The molecular formula is C13H12N. The highest BCUT2D eigenvalue weighted by Gasteiger charge is 2.00. The Hall–Kier alpha value is -1.76. The van der Waals surface area contributed by atoms with Gasteiger partial charge in [0.25, 0.3) is 0 Å². The molecule has 0 aliphatic rings. The lowest BCUT2D eigenvalue weighted by molar-refractivity contribution is 1.46. The zero-order valence-corrected chi connectivity index (χ0v) is 8.12. The Morgan fingerprint density at radius 3 is 2.64 bits per heavy atom. The van der Waals surface area contributed by atoms with Gasteiger partial charge in [0.1, 0.15) is 0 Å². The van der Waals surface area contributed by atoms with Crippen molar-refractivity contribution < 1.29 is 0 Å². The zero-order chi connectivity index (χ0) is 9.97. The van der Waals surface area contributed by atoms with Crippen LogP contribution in [0, 0.1) is 13.0 Å². The molecule has 0 amide bonds. The van der Waals surface area contributed by atoms with Crippen molar-refractivity contribution in [1.29, 1.82) is 0 Å². The van der Waals surface area contributed by atoms with Crippen molar-refractivity contribution in [2.24, 2.45) is 0 Å². The summed E-state index contributed by atoms with van der Waals surface area (Å²) in [6, 6.07) is 17.1. The Labute approximate surface area is 84.2 Å². The van der Waals surface area contributed by atoms with Crippen molar-refractivity contribution in [2.75, 3.05) is 5.73 Å². The molecule has 69 valence electrons. The van der Waals surface area contributed by atoms with Gasteiger partial charge in [-0.3, -0.25) is 0 Å². The van der Waals surface area contributed by atoms with E-state index in [0.29, 0.717) is 0 Å². The van der Waals surface area contributed by atoms with E-state index in [1.54, 1.807) is 0 Å². The lowest BCUT2D eigenvalue weighted by atomic mass is 10.0. The molecule has 0 saturated heterocycles. The SMILES string of the molecule is Cc1ccccc1-c1[c]ccc(N)c1. The molecule has 2 aromatic carbocycles. The summed E-state index contributed by atoms with van der Waals surface area (Å²) in [4.78, 5) is 0. The molecule has 0 fully saturated rings. The van der Waals surface area contributed by atoms with Crippen LogP contribution in [-0.2, 0) is 0 Å². The van der Waals surface area contributed by atoms with Crippen LogP contribution in [-0.4, -0.2) is 0 Å². The van der Waals surface area contributed by atoms with Crippen LogP contribution in [0.15, 0.2) is 42.5 Å². The van der Waals surface area contributed by atoms with Crippen molar-refractivity contribution in [3.63, 3.8) is 0 Å². The van der Waals surface area contributed by atoms with Gasteiger partial charge in [-0.25, -0.2) is 0 Å². The highest BCUT2D eigenvalue weighted by atomic mass is 14.5. The van der Waals surface area contributed by atoms with Gasteiger partial charge in [0.15, 0.2) is 0 Å². The second-order valence-electron chi connectivity index (χ2n) is 3.35. The number of benzene rings is 2. The molecule has 0 unspecified atom stereocenters. The Balaban J connectivity index is 2.55. The topological polar surface area (TPSA) is 26.0 Å². The molecule has 1 nitrogen and oxygen atoms in total. The molecule has 0 spiro atoms. The molecular weight excluding hydrogens is 170 g/mol. The molecule has 0 atom stereocenters. The molecule has 0 bridgehead atoms.